The zero-order valence-electron chi connectivity index (χ0n) is 17.8. The molecular weight excluding hydrogens is 380 g/mol. The van der Waals surface area contributed by atoms with Crippen molar-refractivity contribution in [1.82, 2.24) is 20.4 Å². The Bertz CT molecular complexity index is 814. The second kappa shape index (κ2) is 9.96. The van der Waals surface area contributed by atoms with Crippen molar-refractivity contribution in [3.8, 4) is 5.75 Å². The smallest absolute Gasteiger partial charge is 0.317 e. The fourth-order valence-corrected chi connectivity index (χ4v) is 4.51. The summed E-state index contributed by atoms with van der Waals surface area (Å²) in [6.07, 6.45) is 8.83. The Morgan fingerprint density at radius 1 is 1.07 bits per heavy atom. The van der Waals surface area contributed by atoms with E-state index in [1.807, 2.05) is 29.2 Å². The van der Waals surface area contributed by atoms with Crippen molar-refractivity contribution < 1.29 is 13.9 Å². The van der Waals surface area contributed by atoms with Gasteiger partial charge in [-0.1, -0.05) is 31.4 Å². The molecule has 1 saturated carbocycles. The quantitative estimate of drug-likeness (QED) is 0.767. The zero-order chi connectivity index (χ0) is 20.8. The Morgan fingerprint density at radius 3 is 2.50 bits per heavy atom. The summed E-state index contributed by atoms with van der Waals surface area (Å²) >= 11 is 0. The number of rotatable bonds is 6. The first kappa shape index (κ1) is 20.7. The average molecular weight is 413 g/mol. The summed E-state index contributed by atoms with van der Waals surface area (Å²) in [6.45, 7) is 2.02. The third-order valence-electron chi connectivity index (χ3n) is 6.32. The molecule has 1 aliphatic carbocycles. The summed E-state index contributed by atoms with van der Waals surface area (Å²) in [5.41, 5.74) is 1.17. The molecule has 162 valence electrons. The van der Waals surface area contributed by atoms with Crippen LogP contribution in [0.4, 0.5) is 4.79 Å². The van der Waals surface area contributed by atoms with E-state index in [1.54, 1.807) is 7.11 Å². The number of likely N-dealkylation sites (tertiary alicyclic amines) is 1. The SMILES string of the molecule is COc1ccc(CCNC(=O)N2CCCC(c3nnc(C4CCCCC4)o3)C2)cc1. The van der Waals surface area contributed by atoms with Crippen molar-refractivity contribution in [2.45, 2.75) is 63.2 Å². The standard InChI is InChI=1S/C23H32N4O3/c1-29-20-11-9-17(10-12-20)13-14-24-23(28)27-15-5-8-19(16-27)22-26-25-21(30-22)18-6-3-2-4-7-18/h9-12,18-19H,2-8,13-16H2,1H3,(H,24,28). The van der Waals surface area contributed by atoms with E-state index in [1.165, 1.54) is 24.8 Å². The largest absolute Gasteiger partial charge is 0.497 e. The van der Waals surface area contributed by atoms with Gasteiger partial charge in [0.05, 0.1) is 13.0 Å². The molecule has 1 N–H and O–H groups in total. The van der Waals surface area contributed by atoms with Gasteiger partial charge < -0.3 is 19.4 Å². The van der Waals surface area contributed by atoms with Crippen LogP contribution in [0, 0.1) is 0 Å². The van der Waals surface area contributed by atoms with Crippen LogP contribution in [0.3, 0.4) is 0 Å². The van der Waals surface area contributed by atoms with Crippen molar-refractivity contribution in [3.63, 3.8) is 0 Å². The van der Waals surface area contributed by atoms with Crippen LogP contribution in [0.2, 0.25) is 0 Å². The van der Waals surface area contributed by atoms with Gasteiger partial charge in [0.2, 0.25) is 11.8 Å². The van der Waals surface area contributed by atoms with Crippen molar-refractivity contribution >= 4 is 6.03 Å². The lowest BCUT2D eigenvalue weighted by atomic mass is 9.89. The maximum atomic E-state index is 12.6. The minimum atomic E-state index is -0.0137. The van der Waals surface area contributed by atoms with Gasteiger partial charge in [-0.05, 0) is 49.8 Å². The number of ether oxygens (including phenoxy) is 1. The van der Waals surface area contributed by atoms with Gasteiger partial charge in [0.25, 0.3) is 0 Å². The molecule has 2 amide bonds. The Kier molecular flexibility index (Phi) is 6.87. The zero-order valence-corrected chi connectivity index (χ0v) is 17.8. The van der Waals surface area contributed by atoms with Gasteiger partial charge in [-0.2, -0.15) is 0 Å². The van der Waals surface area contributed by atoms with Gasteiger partial charge in [0.15, 0.2) is 0 Å². The molecule has 0 bridgehead atoms. The summed E-state index contributed by atoms with van der Waals surface area (Å²) in [4.78, 5) is 14.5. The summed E-state index contributed by atoms with van der Waals surface area (Å²) in [5, 5.41) is 11.7. The van der Waals surface area contributed by atoms with Crippen molar-refractivity contribution in [1.29, 1.82) is 0 Å². The molecule has 0 radical (unpaired) electrons. The van der Waals surface area contributed by atoms with E-state index in [-0.39, 0.29) is 11.9 Å². The first-order chi connectivity index (χ1) is 14.7. The lowest BCUT2D eigenvalue weighted by Gasteiger charge is -2.31. The van der Waals surface area contributed by atoms with Crippen LogP contribution >= 0.6 is 0 Å². The van der Waals surface area contributed by atoms with E-state index in [2.05, 4.69) is 15.5 Å². The molecule has 30 heavy (non-hydrogen) atoms. The third kappa shape index (κ3) is 5.12. The van der Waals surface area contributed by atoms with E-state index >= 15 is 0 Å². The monoisotopic (exact) mass is 412 g/mol. The summed E-state index contributed by atoms with van der Waals surface area (Å²) in [7, 11) is 1.66. The molecule has 1 aromatic heterocycles. The molecule has 2 fully saturated rings. The number of aromatic nitrogens is 2. The van der Waals surface area contributed by atoms with Crippen LogP contribution in [0.1, 0.15) is 74.1 Å². The van der Waals surface area contributed by atoms with Gasteiger partial charge in [-0.25, -0.2) is 4.79 Å². The average Bonchev–Trinajstić information content (AvgIpc) is 3.31. The number of nitrogens with one attached hydrogen (secondary N) is 1. The Morgan fingerprint density at radius 2 is 1.77 bits per heavy atom. The first-order valence-electron chi connectivity index (χ1n) is 11.2. The topological polar surface area (TPSA) is 80.5 Å². The minimum absolute atomic E-state index is 0.0137. The third-order valence-corrected chi connectivity index (χ3v) is 6.32. The van der Waals surface area contributed by atoms with Gasteiger partial charge in [-0.3, -0.25) is 0 Å². The number of piperidine rings is 1. The van der Waals surface area contributed by atoms with E-state index in [4.69, 9.17) is 9.15 Å². The maximum Gasteiger partial charge on any atom is 0.317 e. The van der Waals surface area contributed by atoms with Gasteiger partial charge >= 0.3 is 6.03 Å². The number of urea groups is 1. The second-order valence-electron chi connectivity index (χ2n) is 8.43. The van der Waals surface area contributed by atoms with E-state index < -0.39 is 0 Å². The molecule has 7 heteroatoms. The predicted molar refractivity (Wildman–Crippen MR) is 114 cm³/mol. The van der Waals surface area contributed by atoms with E-state index in [9.17, 15) is 4.79 Å². The lowest BCUT2D eigenvalue weighted by Crippen LogP contribution is -2.45. The van der Waals surface area contributed by atoms with Crippen LogP contribution in [-0.2, 0) is 6.42 Å². The van der Waals surface area contributed by atoms with Gasteiger partial charge in [0.1, 0.15) is 5.75 Å². The molecule has 2 heterocycles. The number of carbonyl (C=O) groups excluding carboxylic acids is 1. The van der Waals surface area contributed by atoms with Crippen LogP contribution in [0.5, 0.6) is 5.75 Å². The summed E-state index contributed by atoms with van der Waals surface area (Å²) in [6, 6.07) is 7.93. The van der Waals surface area contributed by atoms with Gasteiger partial charge in [0, 0.05) is 25.6 Å². The summed E-state index contributed by atoms with van der Waals surface area (Å²) in [5.74, 6) is 2.89. The predicted octanol–water partition coefficient (Wildman–Crippen LogP) is 4.26. The normalized spacial score (nSPS) is 20.2. The number of carbonyl (C=O) groups is 1. The number of nitrogens with zero attached hydrogens (tertiary/aromatic N) is 3. The minimum Gasteiger partial charge on any atom is -0.497 e. The van der Waals surface area contributed by atoms with Crippen molar-refractivity contribution in [2.75, 3.05) is 26.7 Å². The molecule has 1 atom stereocenters. The number of hydrogen-bond donors (Lipinski definition) is 1. The highest BCUT2D eigenvalue weighted by atomic mass is 16.5. The van der Waals surface area contributed by atoms with Crippen molar-refractivity contribution in [3.05, 3.63) is 41.6 Å². The highest BCUT2D eigenvalue weighted by Crippen LogP contribution is 2.34. The second-order valence-corrected chi connectivity index (χ2v) is 8.43. The molecule has 1 saturated heterocycles. The Balaban J connectivity index is 1.26. The molecule has 2 aliphatic rings. The molecule has 1 unspecified atom stereocenters. The molecule has 2 aromatic rings. The van der Waals surface area contributed by atoms with E-state index in [0.717, 1.165) is 50.3 Å². The number of benzene rings is 1. The number of hydrogen-bond acceptors (Lipinski definition) is 5. The van der Waals surface area contributed by atoms with Crippen LogP contribution in [0.15, 0.2) is 28.7 Å². The highest BCUT2D eigenvalue weighted by molar-refractivity contribution is 5.74. The number of methoxy groups -OCH3 is 1. The fourth-order valence-electron chi connectivity index (χ4n) is 4.51. The number of amides is 2. The molecule has 4 rings (SSSR count). The van der Waals surface area contributed by atoms with Crippen LogP contribution in [0.25, 0.3) is 0 Å². The summed E-state index contributed by atoms with van der Waals surface area (Å²) < 4.78 is 11.2. The molecular formula is C23H32N4O3. The van der Waals surface area contributed by atoms with Crippen LogP contribution < -0.4 is 10.1 Å². The fraction of sp³-hybridized carbons (Fsp3) is 0.609. The first-order valence-corrected chi connectivity index (χ1v) is 11.2. The molecule has 7 nitrogen and oxygen atoms in total. The van der Waals surface area contributed by atoms with E-state index in [0.29, 0.717) is 24.9 Å². The Labute approximate surface area is 178 Å². The molecule has 1 aromatic carbocycles. The molecule has 0 spiro atoms. The Hall–Kier alpha value is -2.57. The molecule has 1 aliphatic heterocycles. The lowest BCUT2D eigenvalue weighted by molar-refractivity contribution is 0.173. The van der Waals surface area contributed by atoms with Crippen molar-refractivity contribution in [2.24, 2.45) is 0 Å². The van der Waals surface area contributed by atoms with Crippen LogP contribution in [-0.4, -0.2) is 47.9 Å². The van der Waals surface area contributed by atoms with Gasteiger partial charge in [-0.15, -0.1) is 10.2 Å². The maximum absolute atomic E-state index is 12.6. The highest BCUT2D eigenvalue weighted by Gasteiger charge is 2.29.